The lowest BCUT2D eigenvalue weighted by Crippen LogP contribution is -2.49. The lowest BCUT2D eigenvalue weighted by Gasteiger charge is -2.29. The molecular weight excluding hydrogens is 572 g/mol. The maximum absolute atomic E-state index is 13.0. The van der Waals surface area contributed by atoms with Gasteiger partial charge in [-0.15, -0.1) is 0 Å². The third-order valence-corrected chi connectivity index (χ3v) is 7.94. The maximum Gasteiger partial charge on any atom is 0.323 e. The number of carbonyl (C=O) groups is 3. The zero-order valence-corrected chi connectivity index (χ0v) is 26.1. The van der Waals surface area contributed by atoms with Crippen LogP contribution in [-0.4, -0.2) is 83.3 Å². The normalized spacial score (nSPS) is 25.0. The van der Waals surface area contributed by atoms with Crippen molar-refractivity contribution < 1.29 is 38.4 Å². The number of nitrogens with two attached hydrogens (primary N) is 1. The number of H-pyrrole nitrogens is 1. The van der Waals surface area contributed by atoms with Gasteiger partial charge in [0.25, 0.3) is 5.91 Å². The SMILES string of the molecule is CCOC(C)(C)C(=O)N/C(=N/C=N)c1ccc([C@]2(C#N)O[C@H](COC(=O)CC3CCC3)[C@@H](OC(=O)[C@H](N)C(C)(C)C)[C@H]2O)[nH]1. The molecule has 1 saturated carbocycles. The van der Waals surface area contributed by atoms with Gasteiger partial charge in [-0.3, -0.25) is 19.8 Å². The molecule has 2 heterocycles. The summed E-state index contributed by atoms with van der Waals surface area (Å²) in [5.41, 5.74) is 2.35. The van der Waals surface area contributed by atoms with Crippen LogP contribution in [0.25, 0.3) is 0 Å². The number of hydrogen-bond acceptors (Lipinski definition) is 11. The zero-order chi connectivity index (χ0) is 32.9. The number of nitriles is 1. The summed E-state index contributed by atoms with van der Waals surface area (Å²) in [7, 11) is 0. The number of amides is 1. The number of aromatic nitrogens is 1. The summed E-state index contributed by atoms with van der Waals surface area (Å²) in [6.45, 7) is 10.1. The predicted octanol–water partition coefficient (Wildman–Crippen LogP) is 1.80. The summed E-state index contributed by atoms with van der Waals surface area (Å²) in [5.74, 6) is -1.61. The highest BCUT2D eigenvalue weighted by Gasteiger charge is 2.59. The number of amidine groups is 1. The Balaban J connectivity index is 1.91. The summed E-state index contributed by atoms with van der Waals surface area (Å²) in [4.78, 5) is 45.2. The number of hydrogen-bond donors (Lipinski definition) is 5. The molecule has 2 aliphatic rings. The van der Waals surface area contributed by atoms with Gasteiger partial charge in [-0.25, -0.2) is 4.99 Å². The van der Waals surface area contributed by atoms with Crippen LogP contribution in [0.4, 0.5) is 0 Å². The van der Waals surface area contributed by atoms with Crippen molar-refractivity contribution in [1.29, 1.82) is 10.7 Å². The summed E-state index contributed by atoms with van der Waals surface area (Å²) >= 11 is 0. The number of aliphatic imine (C=N–C) groups is 1. The van der Waals surface area contributed by atoms with Gasteiger partial charge in [0.1, 0.15) is 42.9 Å². The molecule has 5 atom stereocenters. The molecule has 0 unspecified atom stereocenters. The van der Waals surface area contributed by atoms with E-state index in [1.54, 1.807) is 41.5 Å². The number of carbonyl (C=O) groups excluding carboxylic acids is 3. The first kappa shape index (κ1) is 34.8. The molecule has 2 fully saturated rings. The minimum atomic E-state index is -2.11. The molecule has 14 heteroatoms. The van der Waals surface area contributed by atoms with Crippen LogP contribution in [0.15, 0.2) is 17.1 Å². The molecule has 1 saturated heterocycles. The molecule has 0 bridgehead atoms. The molecule has 0 spiro atoms. The fraction of sp³-hybridized carbons (Fsp3) is 0.667. The molecule has 1 amide bonds. The van der Waals surface area contributed by atoms with E-state index in [0.717, 1.165) is 25.6 Å². The second-order valence-corrected chi connectivity index (χ2v) is 12.7. The van der Waals surface area contributed by atoms with E-state index >= 15 is 0 Å². The van der Waals surface area contributed by atoms with Gasteiger partial charge in [0.2, 0.25) is 5.60 Å². The standard InChI is InChI=1S/C30H44N6O8/c1-7-42-29(5,6)27(40)36-25(34-16-32)18-11-12-20(35-18)30(15-31)24(38)22(43-26(39)23(33)28(2,3)4)19(44-30)14-41-21(37)13-17-9-8-10-17/h11-12,16-17,19,22-24,35,38H,7-10,13-14,33H2,1-6H3,(H2,32,34,36,40)/t19-,22-,23+,24-,30+/m1/s1. The van der Waals surface area contributed by atoms with Crippen LogP contribution in [0.5, 0.6) is 0 Å². The van der Waals surface area contributed by atoms with Crippen LogP contribution in [0, 0.1) is 28.1 Å². The van der Waals surface area contributed by atoms with E-state index in [0.29, 0.717) is 0 Å². The van der Waals surface area contributed by atoms with Crippen LogP contribution < -0.4 is 11.1 Å². The van der Waals surface area contributed by atoms with Crippen LogP contribution in [0.1, 0.15) is 78.6 Å². The summed E-state index contributed by atoms with van der Waals surface area (Å²) in [6, 6.07) is 3.83. The van der Waals surface area contributed by atoms with E-state index in [2.05, 4.69) is 15.3 Å². The first-order valence-corrected chi connectivity index (χ1v) is 14.7. The Hall–Kier alpha value is -3.64. The van der Waals surface area contributed by atoms with E-state index in [4.69, 9.17) is 30.1 Å². The van der Waals surface area contributed by atoms with Crippen molar-refractivity contribution in [2.45, 2.75) is 103 Å². The Labute approximate surface area is 257 Å². The largest absolute Gasteiger partial charge is 0.463 e. The second kappa shape index (κ2) is 14.0. The van der Waals surface area contributed by atoms with Crippen molar-refractivity contribution in [2.24, 2.45) is 22.1 Å². The molecule has 3 rings (SSSR count). The quantitative estimate of drug-likeness (QED) is 0.130. The number of nitrogens with zero attached hydrogens (tertiary/aromatic N) is 2. The van der Waals surface area contributed by atoms with Crippen molar-refractivity contribution in [3.63, 3.8) is 0 Å². The number of aromatic amines is 1. The Morgan fingerprint density at radius 3 is 2.55 bits per heavy atom. The lowest BCUT2D eigenvalue weighted by molar-refractivity contribution is -0.163. The van der Waals surface area contributed by atoms with Gasteiger partial charge in [0.05, 0.1) is 11.4 Å². The third kappa shape index (κ3) is 7.71. The first-order valence-electron chi connectivity index (χ1n) is 14.7. The molecule has 0 radical (unpaired) electrons. The predicted molar refractivity (Wildman–Crippen MR) is 158 cm³/mol. The molecule has 1 aliphatic heterocycles. The minimum absolute atomic E-state index is 0.0444. The van der Waals surface area contributed by atoms with Gasteiger partial charge in [-0.1, -0.05) is 27.2 Å². The minimum Gasteiger partial charge on any atom is -0.463 e. The number of esters is 2. The molecule has 6 N–H and O–H groups in total. The molecular formula is C30H44N6O8. The molecule has 1 aliphatic carbocycles. The Morgan fingerprint density at radius 1 is 1.32 bits per heavy atom. The highest BCUT2D eigenvalue weighted by Crippen LogP contribution is 2.41. The topological polar surface area (TPSA) is 222 Å². The third-order valence-electron chi connectivity index (χ3n) is 7.94. The first-order chi connectivity index (χ1) is 20.6. The van der Waals surface area contributed by atoms with Crippen molar-refractivity contribution in [1.82, 2.24) is 10.3 Å². The van der Waals surface area contributed by atoms with Gasteiger partial charge >= 0.3 is 11.9 Å². The second-order valence-electron chi connectivity index (χ2n) is 12.7. The molecule has 0 aromatic carbocycles. The van der Waals surface area contributed by atoms with Gasteiger partial charge in [-0.05, 0) is 57.1 Å². The number of rotatable bonds is 12. The summed E-state index contributed by atoms with van der Waals surface area (Å²) < 4.78 is 22.6. The zero-order valence-electron chi connectivity index (χ0n) is 26.1. The van der Waals surface area contributed by atoms with Crippen molar-refractivity contribution in [2.75, 3.05) is 13.2 Å². The average Bonchev–Trinajstić information content (AvgIpc) is 3.52. The van der Waals surface area contributed by atoms with Gasteiger partial charge in [-0.2, -0.15) is 5.26 Å². The Morgan fingerprint density at radius 2 is 2.00 bits per heavy atom. The number of aliphatic hydroxyl groups excluding tert-OH is 1. The van der Waals surface area contributed by atoms with E-state index < -0.39 is 58.8 Å². The fourth-order valence-corrected chi connectivity index (χ4v) is 4.85. The van der Waals surface area contributed by atoms with Crippen LogP contribution in [0.2, 0.25) is 0 Å². The molecule has 1 aromatic rings. The van der Waals surface area contributed by atoms with Crippen molar-refractivity contribution in [3.8, 4) is 6.07 Å². The van der Waals surface area contributed by atoms with Crippen molar-refractivity contribution >= 4 is 30.0 Å². The van der Waals surface area contributed by atoms with Crippen LogP contribution >= 0.6 is 0 Å². The van der Waals surface area contributed by atoms with Crippen LogP contribution in [-0.2, 0) is 38.9 Å². The average molecular weight is 617 g/mol. The molecule has 242 valence electrons. The van der Waals surface area contributed by atoms with Gasteiger partial charge in [0, 0.05) is 13.0 Å². The number of aliphatic hydroxyl groups is 1. The van der Waals surface area contributed by atoms with Gasteiger partial charge < -0.3 is 40.1 Å². The Bertz CT molecular complexity index is 1290. The molecule has 44 heavy (non-hydrogen) atoms. The van der Waals surface area contributed by atoms with E-state index in [9.17, 15) is 24.8 Å². The van der Waals surface area contributed by atoms with E-state index in [-0.39, 0.29) is 42.8 Å². The van der Waals surface area contributed by atoms with Crippen LogP contribution in [0.3, 0.4) is 0 Å². The number of nitrogens with one attached hydrogen (secondary N) is 3. The van der Waals surface area contributed by atoms with E-state index in [1.807, 2.05) is 6.07 Å². The highest BCUT2D eigenvalue weighted by atomic mass is 16.6. The maximum atomic E-state index is 13.0. The Kier molecular flexibility index (Phi) is 11.1. The number of ether oxygens (including phenoxy) is 4. The summed E-state index contributed by atoms with van der Waals surface area (Å²) in [6.07, 6.45) is -0.452. The summed E-state index contributed by atoms with van der Waals surface area (Å²) in [5, 5.41) is 31.9. The highest BCUT2D eigenvalue weighted by molar-refractivity contribution is 6.10. The van der Waals surface area contributed by atoms with Gasteiger partial charge in [0.15, 0.2) is 11.9 Å². The fourth-order valence-electron chi connectivity index (χ4n) is 4.85. The van der Waals surface area contributed by atoms with E-state index in [1.165, 1.54) is 12.1 Å². The smallest absolute Gasteiger partial charge is 0.323 e. The molecule has 14 nitrogen and oxygen atoms in total. The monoisotopic (exact) mass is 616 g/mol. The lowest BCUT2D eigenvalue weighted by atomic mass is 9.83. The van der Waals surface area contributed by atoms with Crippen molar-refractivity contribution in [3.05, 3.63) is 23.5 Å². The molecule has 1 aromatic heterocycles.